The molecule has 0 unspecified atom stereocenters. The lowest BCUT2D eigenvalue weighted by Crippen LogP contribution is -2.12. The molecule has 0 spiro atoms. The third-order valence-electron chi connectivity index (χ3n) is 4.95. The number of aliphatic carboxylic acids is 1. The summed E-state index contributed by atoms with van der Waals surface area (Å²) in [5, 5.41) is 27.3. The van der Waals surface area contributed by atoms with Crippen LogP contribution in [0.4, 0.5) is 0 Å². The summed E-state index contributed by atoms with van der Waals surface area (Å²) in [6.07, 6.45) is 2.69. The van der Waals surface area contributed by atoms with Crippen molar-refractivity contribution >= 4 is 23.5 Å². The second-order valence-corrected chi connectivity index (χ2v) is 7.60. The molecule has 0 aliphatic carbocycles. The number of allylic oxidation sites excluding steroid dienone is 2. The van der Waals surface area contributed by atoms with Crippen molar-refractivity contribution in [2.45, 2.75) is 46.0 Å². The number of Topliss-reactive ketones (excluding diaryl/α,β-unsaturated/α-hetero) is 1. The maximum atomic E-state index is 11.8. The highest BCUT2D eigenvalue weighted by atomic mass is 16.5. The summed E-state index contributed by atoms with van der Waals surface area (Å²) in [4.78, 5) is 45.0. The molecule has 0 amide bonds. The predicted octanol–water partition coefficient (Wildman–Crippen LogP) is 4.69. The van der Waals surface area contributed by atoms with E-state index in [9.17, 15) is 29.4 Å². The zero-order chi connectivity index (χ0) is 26.9. The van der Waals surface area contributed by atoms with E-state index in [1.165, 1.54) is 0 Å². The molecule has 0 saturated carbocycles. The molecule has 0 saturated heterocycles. The number of carboxylic acid groups (broad SMARTS) is 1. The van der Waals surface area contributed by atoms with Gasteiger partial charge in [-0.15, -0.1) is 0 Å². The van der Waals surface area contributed by atoms with Crippen molar-refractivity contribution in [3.05, 3.63) is 95.0 Å². The number of ether oxygens (including phenoxy) is 1. The molecule has 0 aromatic heterocycles. The molecule has 0 heterocycles. The lowest BCUT2D eigenvalue weighted by molar-refractivity contribution is -0.141. The fourth-order valence-corrected chi connectivity index (χ4v) is 3.08. The molecule has 36 heavy (non-hydrogen) atoms. The molecule has 8 nitrogen and oxygen atoms in total. The van der Waals surface area contributed by atoms with Crippen LogP contribution in [0.2, 0.25) is 0 Å². The van der Waals surface area contributed by atoms with Gasteiger partial charge in [0.15, 0.2) is 11.6 Å². The molecule has 0 atom stereocenters. The summed E-state index contributed by atoms with van der Waals surface area (Å²) in [5.74, 6) is -4.43. The van der Waals surface area contributed by atoms with Crippen molar-refractivity contribution in [1.82, 2.24) is 0 Å². The van der Waals surface area contributed by atoms with Gasteiger partial charge < -0.3 is 20.1 Å². The van der Waals surface area contributed by atoms with Crippen molar-refractivity contribution in [3.63, 3.8) is 0 Å². The van der Waals surface area contributed by atoms with Crippen LogP contribution in [0.1, 0.15) is 44.2 Å². The highest BCUT2D eigenvalue weighted by Crippen LogP contribution is 2.13. The van der Waals surface area contributed by atoms with Gasteiger partial charge >= 0.3 is 11.9 Å². The number of carbonyl (C=O) groups excluding carboxylic acids is 3. The number of carboxylic acids is 1. The predicted molar refractivity (Wildman–Crippen MR) is 134 cm³/mol. The fourth-order valence-electron chi connectivity index (χ4n) is 3.08. The van der Waals surface area contributed by atoms with Crippen LogP contribution >= 0.6 is 0 Å². The van der Waals surface area contributed by atoms with Gasteiger partial charge in [-0.25, -0.2) is 9.59 Å². The van der Waals surface area contributed by atoms with Gasteiger partial charge in [-0.1, -0.05) is 67.6 Å². The van der Waals surface area contributed by atoms with E-state index in [4.69, 9.17) is 5.11 Å². The minimum Gasteiger partial charge on any atom is -0.502 e. The minimum atomic E-state index is -1.46. The Bertz CT molecular complexity index is 1070. The van der Waals surface area contributed by atoms with E-state index >= 15 is 0 Å². The first-order valence-electron chi connectivity index (χ1n) is 11.6. The van der Waals surface area contributed by atoms with Gasteiger partial charge in [0.25, 0.3) is 0 Å². The number of hydrogen-bond donors (Lipinski definition) is 3. The third kappa shape index (κ3) is 11.3. The molecule has 2 aromatic carbocycles. The van der Waals surface area contributed by atoms with Crippen molar-refractivity contribution in [2.75, 3.05) is 6.61 Å². The summed E-state index contributed by atoms with van der Waals surface area (Å²) in [6.45, 7) is 3.44. The standard InChI is InChI=1S/2C14H16O4/c1-2-18-14(17)13(16)10-12(15)9-8-11-6-4-3-5-7-11;1-2-11(13(16)14(17)18)12(15)9-8-10-6-4-3-5-7-10/h3-7,10,16H,2,8-9H2,1H3;3-7,16H,2,8-9H2,1H3,(H,17,18)/b13-10-;13-11-. The lowest BCUT2D eigenvalue weighted by atomic mass is 10.0. The van der Waals surface area contributed by atoms with Crippen LogP contribution in [0, 0.1) is 0 Å². The van der Waals surface area contributed by atoms with Crippen LogP contribution in [-0.4, -0.2) is 45.4 Å². The fraction of sp³-hybridized carbons (Fsp3) is 0.286. The summed E-state index contributed by atoms with van der Waals surface area (Å²) in [7, 11) is 0. The molecule has 3 N–H and O–H groups in total. The van der Waals surface area contributed by atoms with E-state index in [0.29, 0.717) is 12.8 Å². The molecule has 2 aromatic rings. The molecule has 0 aliphatic heterocycles. The van der Waals surface area contributed by atoms with Crippen LogP contribution in [-0.2, 0) is 36.8 Å². The third-order valence-corrected chi connectivity index (χ3v) is 4.95. The van der Waals surface area contributed by atoms with Gasteiger partial charge in [0.05, 0.1) is 6.61 Å². The van der Waals surface area contributed by atoms with Crippen LogP contribution < -0.4 is 0 Å². The number of esters is 1. The Morgan fingerprint density at radius 3 is 1.72 bits per heavy atom. The molecule has 192 valence electrons. The van der Waals surface area contributed by atoms with Gasteiger partial charge in [0.1, 0.15) is 0 Å². The van der Waals surface area contributed by atoms with Crippen molar-refractivity contribution in [3.8, 4) is 0 Å². The number of hydrogen-bond acceptors (Lipinski definition) is 7. The highest BCUT2D eigenvalue weighted by molar-refractivity contribution is 6.02. The first-order valence-corrected chi connectivity index (χ1v) is 11.6. The zero-order valence-electron chi connectivity index (χ0n) is 20.5. The van der Waals surface area contributed by atoms with Crippen LogP contribution in [0.3, 0.4) is 0 Å². The van der Waals surface area contributed by atoms with Gasteiger partial charge in [0, 0.05) is 24.5 Å². The van der Waals surface area contributed by atoms with Crippen molar-refractivity contribution in [1.29, 1.82) is 0 Å². The Kier molecular flexibility index (Phi) is 13.6. The summed E-state index contributed by atoms with van der Waals surface area (Å²) in [6, 6.07) is 19.0. The van der Waals surface area contributed by atoms with E-state index in [1.807, 2.05) is 60.7 Å². The first-order chi connectivity index (χ1) is 17.2. The normalized spacial score (nSPS) is 11.4. The van der Waals surface area contributed by atoms with Crippen LogP contribution in [0.15, 0.2) is 83.8 Å². The Morgan fingerprint density at radius 2 is 1.28 bits per heavy atom. The first kappa shape index (κ1) is 29.8. The SMILES string of the molecule is CC/C(C(=O)CCc1ccccc1)=C(/O)C(=O)O.CCOC(=O)/C(O)=C/C(=O)CCc1ccccc1. The zero-order valence-corrected chi connectivity index (χ0v) is 20.5. The summed E-state index contributed by atoms with van der Waals surface area (Å²) >= 11 is 0. The van der Waals surface area contributed by atoms with E-state index in [2.05, 4.69) is 4.74 Å². The Hall–Kier alpha value is -4.20. The topological polar surface area (TPSA) is 138 Å². The smallest absolute Gasteiger partial charge is 0.373 e. The van der Waals surface area contributed by atoms with E-state index in [-0.39, 0.29) is 43.0 Å². The van der Waals surface area contributed by atoms with Crippen molar-refractivity contribution in [2.24, 2.45) is 0 Å². The molecule has 2 rings (SSSR count). The molecular weight excluding hydrogens is 464 g/mol. The average molecular weight is 497 g/mol. The van der Waals surface area contributed by atoms with Gasteiger partial charge in [-0.05, 0) is 37.3 Å². The van der Waals surface area contributed by atoms with E-state index < -0.39 is 23.5 Å². The summed E-state index contributed by atoms with van der Waals surface area (Å²) < 4.78 is 4.56. The van der Waals surface area contributed by atoms with Crippen LogP contribution in [0.25, 0.3) is 0 Å². The maximum Gasteiger partial charge on any atom is 0.373 e. The quantitative estimate of drug-likeness (QED) is 0.219. The molecule has 0 radical (unpaired) electrons. The Balaban J connectivity index is 0.000000360. The number of aliphatic hydroxyl groups is 2. The van der Waals surface area contributed by atoms with Gasteiger partial charge in [-0.3, -0.25) is 9.59 Å². The second-order valence-electron chi connectivity index (χ2n) is 7.60. The minimum absolute atomic E-state index is 0.0153. The molecule has 0 bridgehead atoms. The van der Waals surface area contributed by atoms with E-state index in [0.717, 1.165) is 17.2 Å². The number of benzene rings is 2. The number of carbonyl (C=O) groups is 4. The maximum absolute atomic E-state index is 11.8. The number of ketones is 2. The second kappa shape index (κ2) is 16.4. The molecule has 0 aliphatic rings. The van der Waals surface area contributed by atoms with Crippen LogP contribution in [0.5, 0.6) is 0 Å². The highest BCUT2D eigenvalue weighted by Gasteiger charge is 2.18. The number of rotatable bonds is 12. The van der Waals surface area contributed by atoms with Gasteiger partial charge in [-0.2, -0.15) is 0 Å². The number of aliphatic hydroxyl groups excluding tert-OH is 2. The van der Waals surface area contributed by atoms with Gasteiger partial charge in [0.2, 0.25) is 11.5 Å². The largest absolute Gasteiger partial charge is 0.502 e. The summed E-state index contributed by atoms with van der Waals surface area (Å²) in [5.41, 5.74) is 2.03. The van der Waals surface area contributed by atoms with E-state index in [1.54, 1.807) is 13.8 Å². The number of aryl methyl sites for hydroxylation is 2. The molecule has 8 heteroatoms. The monoisotopic (exact) mass is 496 g/mol. The lowest BCUT2D eigenvalue weighted by Gasteiger charge is -2.05. The average Bonchev–Trinajstić information content (AvgIpc) is 2.88. The Labute approximate surface area is 210 Å². The van der Waals surface area contributed by atoms with Crippen molar-refractivity contribution < 1.29 is 39.2 Å². The Morgan fingerprint density at radius 1 is 0.778 bits per heavy atom. The molecule has 0 fully saturated rings. The molecular formula is C28H32O8.